The summed E-state index contributed by atoms with van der Waals surface area (Å²) in [6.45, 7) is 0. The Hall–Kier alpha value is -2.38. The molecule has 1 aromatic carbocycles. The summed E-state index contributed by atoms with van der Waals surface area (Å²) in [5, 5.41) is 12.2. The van der Waals surface area contributed by atoms with E-state index in [2.05, 4.69) is 10.3 Å². The summed E-state index contributed by atoms with van der Waals surface area (Å²) < 4.78 is 0. The van der Waals surface area contributed by atoms with Crippen molar-refractivity contribution in [1.82, 2.24) is 10.3 Å². The highest BCUT2D eigenvalue weighted by molar-refractivity contribution is 6.30. The van der Waals surface area contributed by atoms with Crippen LogP contribution in [0, 0.1) is 11.3 Å². The summed E-state index contributed by atoms with van der Waals surface area (Å²) in [7, 11) is 0. The molecule has 0 bridgehead atoms. The zero-order valence-corrected chi connectivity index (χ0v) is 10.6. The van der Waals surface area contributed by atoms with E-state index in [1.165, 1.54) is 0 Å². The largest absolute Gasteiger partial charge is 0.332 e. The Morgan fingerprint density at radius 2 is 2.21 bits per heavy atom. The molecule has 0 spiro atoms. The monoisotopic (exact) mass is 271 g/mol. The molecule has 19 heavy (non-hydrogen) atoms. The summed E-state index contributed by atoms with van der Waals surface area (Å²) in [5.74, 6) is -0.349. The van der Waals surface area contributed by atoms with Crippen LogP contribution in [0.5, 0.6) is 0 Å². The number of carbonyl (C=O) groups excluding carboxylic acids is 1. The molecule has 1 atom stereocenters. The number of benzene rings is 1. The van der Waals surface area contributed by atoms with Crippen LogP contribution in [0.25, 0.3) is 0 Å². The maximum Gasteiger partial charge on any atom is 0.252 e. The first-order valence-corrected chi connectivity index (χ1v) is 5.94. The van der Waals surface area contributed by atoms with Crippen LogP contribution >= 0.6 is 11.6 Å². The zero-order chi connectivity index (χ0) is 13.7. The van der Waals surface area contributed by atoms with Crippen LogP contribution in [0.2, 0.25) is 5.02 Å². The Kier molecular flexibility index (Phi) is 4.11. The second-order valence-electron chi connectivity index (χ2n) is 3.83. The third kappa shape index (κ3) is 3.30. The number of aromatic nitrogens is 1. The lowest BCUT2D eigenvalue weighted by molar-refractivity contribution is 0.0945. The van der Waals surface area contributed by atoms with Gasteiger partial charge in [-0.2, -0.15) is 5.26 Å². The molecule has 94 valence electrons. The van der Waals surface area contributed by atoms with Gasteiger partial charge in [-0.05, 0) is 24.3 Å². The van der Waals surface area contributed by atoms with Crippen LogP contribution in [-0.2, 0) is 0 Å². The topological polar surface area (TPSA) is 65.8 Å². The molecule has 1 N–H and O–H groups in total. The quantitative estimate of drug-likeness (QED) is 0.933. The summed E-state index contributed by atoms with van der Waals surface area (Å²) in [4.78, 5) is 15.9. The van der Waals surface area contributed by atoms with Crippen molar-refractivity contribution in [2.75, 3.05) is 0 Å². The van der Waals surface area contributed by atoms with Gasteiger partial charge < -0.3 is 5.32 Å². The van der Waals surface area contributed by atoms with Gasteiger partial charge in [-0.3, -0.25) is 9.78 Å². The number of nitriles is 1. The van der Waals surface area contributed by atoms with Crippen LogP contribution in [-0.4, -0.2) is 10.9 Å². The van der Waals surface area contributed by atoms with Crippen molar-refractivity contribution < 1.29 is 4.79 Å². The molecule has 1 aromatic heterocycles. The number of nitrogens with zero attached hydrogens (tertiary/aromatic N) is 2. The van der Waals surface area contributed by atoms with Crippen LogP contribution in [0.1, 0.15) is 22.0 Å². The summed E-state index contributed by atoms with van der Waals surface area (Å²) in [6, 6.07) is 11.3. The molecule has 0 radical (unpaired) electrons. The molecule has 2 rings (SSSR count). The fourth-order valence-corrected chi connectivity index (χ4v) is 1.77. The molecule has 0 saturated carbocycles. The Morgan fingerprint density at radius 1 is 1.37 bits per heavy atom. The smallest absolute Gasteiger partial charge is 0.252 e. The van der Waals surface area contributed by atoms with E-state index < -0.39 is 6.04 Å². The minimum atomic E-state index is -0.736. The average molecular weight is 272 g/mol. The molecule has 1 unspecified atom stereocenters. The lowest BCUT2D eigenvalue weighted by atomic mass is 10.1. The molecule has 0 aliphatic carbocycles. The van der Waals surface area contributed by atoms with Crippen LogP contribution in [0.4, 0.5) is 0 Å². The Morgan fingerprint density at radius 3 is 2.84 bits per heavy atom. The van der Waals surface area contributed by atoms with E-state index in [9.17, 15) is 4.79 Å². The Balaban J connectivity index is 2.16. The van der Waals surface area contributed by atoms with Crippen molar-refractivity contribution in [1.29, 1.82) is 5.26 Å². The number of nitrogens with one attached hydrogen (secondary N) is 1. The van der Waals surface area contributed by atoms with Gasteiger partial charge in [-0.1, -0.05) is 23.7 Å². The van der Waals surface area contributed by atoms with Gasteiger partial charge in [-0.25, -0.2) is 0 Å². The maximum atomic E-state index is 12.0. The van der Waals surface area contributed by atoms with E-state index in [1.807, 2.05) is 6.07 Å². The van der Waals surface area contributed by atoms with E-state index in [0.29, 0.717) is 16.1 Å². The molecule has 4 nitrogen and oxygen atoms in total. The number of amides is 1. The van der Waals surface area contributed by atoms with Crippen LogP contribution in [0.15, 0.2) is 48.8 Å². The van der Waals surface area contributed by atoms with Gasteiger partial charge >= 0.3 is 0 Å². The van der Waals surface area contributed by atoms with Gasteiger partial charge in [0.05, 0.1) is 6.07 Å². The molecule has 1 heterocycles. The van der Waals surface area contributed by atoms with Crippen molar-refractivity contribution in [2.24, 2.45) is 0 Å². The molecule has 5 heteroatoms. The third-order valence-electron chi connectivity index (χ3n) is 2.51. The highest BCUT2D eigenvalue weighted by atomic mass is 35.5. The SMILES string of the molecule is N#CC(NC(=O)c1cccc(Cl)c1)c1cccnc1. The van der Waals surface area contributed by atoms with Gasteiger partial charge in [0, 0.05) is 28.5 Å². The molecule has 0 fully saturated rings. The molecular weight excluding hydrogens is 262 g/mol. The highest BCUT2D eigenvalue weighted by Gasteiger charge is 2.15. The fourth-order valence-electron chi connectivity index (χ4n) is 1.58. The van der Waals surface area contributed by atoms with E-state index >= 15 is 0 Å². The summed E-state index contributed by atoms with van der Waals surface area (Å²) in [6.07, 6.45) is 3.16. The predicted octanol–water partition coefficient (Wildman–Crippen LogP) is 2.73. The number of carbonyl (C=O) groups is 1. The fraction of sp³-hybridized carbons (Fsp3) is 0.0714. The van der Waals surface area contributed by atoms with Crippen molar-refractivity contribution >= 4 is 17.5 Å². The number of hydrogen-bond acceptors (Lipinski definition) is 3. The van der Waals surface area contributed by atoms with Crippen molar-refractivity contribution in [3.63, 3.8) is 0 Å². The first-order valence-electron chi connectivity index (χ1n) is 5.56. The van der Waals surface area contributed by atoms with Crippen molar-refractivity contribution in [3.05, 3.63) is 64.9 Å². The molecule has 0 aliphatic rings. The molecular formula is C14H10ClN3O. The Labute approximate surface area is 115 Å². The van der Waals surface area contributed by atoms with Crippen molar-refractivity contribution in [2.45, 2.75) is 6.04 Å². The van der Waals surface area contributed by atoms with E-state index in [-0.39, 0.29) is 5.91 Å². The van der Waals surface area contributed by atoms with Crippen LogP contribution < -0.4 is 5.32 Å². The first kappa shape index (κ1) is 13.1. The highest BCUT2D eigenvalue weighted by Crippen LogP contribution is 2.14. The minimum absolute atomic E-state index is 0.349. The number of hydrogen-bond donors (Lipinski definition) is 1. The molecule has 1 amide bonds. The maximum absolute atomic E-state index is 12.0. The Bertz CT molecular complexity index is 622. The lowest BCUT2D eigenvalue weighted by Gasteiger charge is -2.11. The molecule has 2 aromatic rings. The second-order valence-corrected chi connectivity index (χ2v) is 4.27. The first-order chi connectivity index (χ1) is 9.20. The molecule has 0 aliphatic heterocycles. The minimum Gasteiger partial charge on any atom is -0.332 e. The van der Waals surface area contributed by atoms with Crippen LogP contribution in [0.3, 0.4) is 0 Å². The van der Waals surface area contributed by atoms with Gasteiger partial charge in [-0.15, -0.1) is 0 Å². The lowest BCUT2D eigenvalue weighted by Crippen LogP contribution is -2.27. The zero-order valence-electron chi connectivity index (χ0n) is 9.88. The third-order valence-corrected chi connectivity index (χ3v) is 2.74. The van der Waals surface area contributed by atoms with Gasteiger partial charge in [0.2, 0.25) is 0 Å². The number of halogens is 1. The van der Waals surface area contributed by atoms with E-state index in [4.69, 9.17) is 16.9 Å². The summed E-state index contributed by atoms with van der Waals surface area (Å²) >= 11 is 5.82. The number of pyridine rings is 1. The normalized spacial score (nSPS) is 11.4. The van der Waals surface area contributed by atoms with E-state index in [1.54, 1.807) is 48.8 Å². The van der Waals surface area contributed by atoms with Gasteiger partial charge in [0.25, 0.3) is 5.91 Å². The van der Waals surface area contributed by atoms with Gasteiger partial charge in [0.15, 0.2) is 0 Å². The number of rotatable bonds is 3. The van der Waals surface area contributed by atoms with Gasteiger partial charge in [0.1, 0.15) is 6.04 Å². The standard InChI is InChI=1S/C14H10ClN3O/c15-12-5-1-3-10(7-12)14(19)18-13(8-16)11-4-2-6-17-9-11/h1-7,9,13H,(H,18,19). The summed E-state index contributed by atoms with van der Waals surface area (Å²) in [5.41, 5.74) is 1.05. The predicted molar refractivity (Wildman–Crippen MR) is 71.5 cm³/mol. The van der Waals surface area contributed by atoms with E-state index in [0.717, 1.165) is 0 Å². The molecule has 0 saturated heterocycles. The average Bonchev–Trinajstić information content (AvgIpc) is 2.45. The van der Waals surface area contributed by atoms with Crippen molar-refractivity contribution in [3.8, 4) is 6.07 Å². The second kappa shape index (κ2) is 5.98.